The highest BCUT2D eigenvalue weighted by molar-refractivity contribution is 5.86. The Kier molecular flexibility index (Phi) is 8.39. The van der Waals surface area contributed by atoms with Crippen molar-refractivity contribution in [2.75, 3.05) is 34.0 Å². The summed E-state index contributed by atoms with van der Waals surface area (Å²) in [6.45, 7) is 0.119. The number of rotatable bonds is 11. The van der Waals surface area contributed by atoms with Gasteiger partial charge in [0, 0.05) is 33.1 Å². The van der Waals surface area contributed by atoms with E-state index in [0.29, 0.717) is 0 Å². The van der Waals surface area contributed by atoms with Crippen molar-refractivity contribution in [1.82, 2.24) is 10.6 Å². The second kappa shape index (κ2) is 11.4. The van der Waals surface area contributed by atoms with Crippen LogP contribution in [-0.2, 0) is 23.8 Å². The SMILES string of the molecule is COC[C@H](NC(=O)OCC1c2ccccc2-c2ccccc21)C(=O)NCCC(OC)C(=O)O. The Labute approximate surface area is 192 Å². The molecule has 3 rings (SSSR count). The Bertz CT molecular complexity index is 949. The highest BCUT2D eigenvalue weighted by atomic mass is 16.5. The fraction of sp³-hybridized carbons (Fsp3) is 0.375. The molecule has 0 bridgehead atoms. The van der Waals surface area contributed by atoms with Crippen LogP contribution in [0.5, 0.6) is 0 Å². The van der Waals surface area contributed by atoms with Crippen LogP contribution in [0.3, 0.4) is 0 Å². The van der Waals surface area contributed by atoms with E-state index in [1.165, 1.54) is 14.2 Å². The Morgan fingerprint density at radius 3 is 2.15 bits per heavy atom. The first-order chi connectivity index (χ1) is 16.0. The Morgan fingerprint density at radius 2 is 1.61 bits per heavy atom. The summed E-state index contributed by atoms with van der Waals surface area (Å²) in [5.74, 6) is -1.72. The zero-order valence-electron chi connectivity index (χ0n) is 18.6. The maximum Gasteiger partial charge on any atom is 0.407 e. The van der Waals surface area contributed by atoms with Crippen molar-refractivity contribution in [3.8, 4) is 11.1 Å². The maximum atomic E-state index is 12.5. The first kappa shape index (κ1) is 24.2. The lowest BCUT2D eigenvalue weighted by atomic mass is 9.98. The van der Waals surface area contributed by atoms with Crippen LogP contribution in [-0.4, -0.2) is 69.2 Å². The molecule has 0 saturated heterocycles. The van der Waals surface area contributed by atoms with Gasteiger partial charge in [0.2, 0.25) is 5.91 Å². The normalized spacial score (nSPS) is 14.0. The number of aliphatic carboxylic acids is 1. The zero-order valence-corrected chi connectivity index (χ0v) is 18.6. The van der Waals surface area contributed by atoms with E-state index in [-0.39, 0.29) is 32.1 Å². The highest BCUT2D eigenvalue weighted by Gasteiger charge is 2.30. The number of amides is 2. The second-order valence-corrected chi connectivity index (χ2v) is 7.62. The standard InChI is InChI=1S/C24H28N2O7/c1-31-14-20(22(27)25-12-11-21(32-2)23(28)29)26-24(30)33-13-19-17-9-5-3-7-15(17)16-8-4-6-10-18(16)19/h3-10,19-21H,11-14H2,1-2H3,(H,25,27)(H,26,30)(H,28,29)/t20-,21?/m0/s1. The van der Waals surface area contributed by atoms with Gasteiger partial charge in [-0.25, -0.2) is 9.59 Å². The first-order valence-corrected chi connectivity index (χ1v) is 10.6. The quantitative estimate of drug-likeness (QED) is 0.473. The predicted octanol–water partition coefficient (Wildman–Crippen LogP) is 2.15. The number of hydrogen-bond donors (Lipinski definition) is 3. The molecule has 9 heteroatoms. The van der Waals surface area contributed by atoms with E-state index in [1.54, 1.807) is 0 Å². The summed E-state index contributed by atoms with van der Waals surface area (Å²) in [6.07, 6.45) is -1.68. The number of benzene rings is 2. The number of nitrogens with one attached hydrogen (secondary N) is 2. The molecule has 1 unspecified atom stereocenters. The topological polar surface area (TPSA) is 123 Å². The molecule has 33 heavy (non-hydrogen) atoms. The number of carboxylic acids is 1. The molecular weight excluding hydrogens is 428 g/mol. The molecule has 2 aromatic carbocycles. The van der Waals surface area contributed by atoms with Crippen molar-refractivity contribution in [2.45, 2.75) is 24.5 Å². The van der Waals surface area contributed by atoms with Gasteiger partial charge in [0.25, 0.3) is 0 Å². The van der Waals surface area contributed by atoms with Crippen molar-refractivity contribution in [3.05, 3.63) is 59.7 Å². The molecular formula is C24H28N2O7. The van der Waals surface area contributed by atoms with Gasteiger partial charge in [-0.05, 0) is 22.3 Å². The first-order valence-electron chi connectivity index (χ1n) is 10.6. The molecule has 176 valence electrons. The minimum Gasteiger partial charge on any atom is -0.479 e. The molecule has 2 atom stereocenters. The van der Waals surface area contributed by atoms with E-state index in [9.17, 15) is 14.4 Å². The van der Waals surface area contributed by atoms with Crippen molar-refractivity contribution in [3.63, 3.8) is 0 Å². The number of hydrogen-bond acceptors (Lipinski definition) is 6. The monoisotopic (exact) mass is 456 g/mol. The average Bonchev–Trinajstić information content (AvgIpc) is 3.13. The second-order valence-electron chi connectivity index (χ2n) is 7.62. The van der Waals surface area contributed by atoms with Crippen LogP contribution >= 0.6 is 0 Å². The summed E-state index contributed by atoms with van der Waals surface area (Å²) < 4.78 is 15.3. The lowest BCUT2D eigenvalue weighted by Gasteiger charge is -2.19. The van der Waals surface area contributed by atoms with E-state index >= 15 is 0 Å². The maximum absolute atomic E-state index is 12.5. The number of methoxy groups -OCH3 is 2. The van der Waals surface area contributed by atoms with Gasteiger partial charge in [-0.3, -0.25) is 4.79 Å². The lowest BCUT2D eigenvalue weighted by Crippen LogP contribution is -2.50. The van der Waals surface area contributed by atoms with E-state index < -0.39 is 30.1 Å². The van der Waals surface area contributed by atoms with Crippen LogP contribution in [0.1, 0.15) is 23.5 Å². The van der Waals surface area contributed by atoms with Gasteiger partial charge < -0.3 is 30.0 Å². The van der Waals surface area contributed by atoms with Crippen LogP contribution in [0.15, 0.2) is 48.5 Å². The molecule has 0 aliphatic heterocycles. The van der Waals surface area contributed by atoms with E-state index in [2.05, 4.69) is 10.6 Å². The van der Waals surface area contributed by atoms with E-state index in [1.807, 2.05) is 48.5 Å². The van der Waals surface area contributed by atoms with Crippen molar-refractivity contribution < 1.29 is 33.7 Å². The third-order valence-electron chi connectivity index (χ3n) is 5.55. The smallest absolute Gasteiger partial charge is 0.407 e. The third kappa shape index (κ3) is 5.88. The van der Waals surface area contributed by atoms with Gasteiger partial charge in [-0.2, -0.15) is 0 Å². The van der Waals surface area contributed by atoms with E-state index in [4.69, 9.17) is 19.3 Å². The Hall–Kier alpha value is -3.43. The minimum atomic E-state index is -1.11. The zero-order chi connectivity index (χ0) is 23.8. The molecule has 0 saturated carbocycles. The summed E-state index contributed by atoms with van der Waals surface area (Å²) in [5.41, 5.74) is 4.41. The molecule has 3 N–H and O–H groups in total. The van der Waals surface area contributed by atoms with Gasteiger partial charge in [0.05, 0.1) is 6.61 Å². The summed E-state index contributed by atoms with van der Waals surface area (Å²) in [5, 5.41) is 14.1. The fourth-order valence-electron chi connectivity index (χ4n) is 3.92. The molecule has 1 aliphatic rings. The van der Waals surface area contributed by atoms with Crippen LogP contribution in [0.4, 0.5) is 4.79 Å². The number of alkyl carbamates (subject to hydrolysis) is 1. The van der Waals surface area contributed by atoms with Gasteiger partial charge >= 0.3 is 12.1 Å². The van der Waals surface area contributed by atoms with Crippen LogP contribution < -0.4 is 10.6 Å². The number of carboxylic acid groups (broad SMARTS) is 1. The van der Waals surface area contributed by atoms with Crippen molar-refractivity contribution in [1.29, 1.82) is 0 Å². The number of ether oxygens (including phenoxy) is 3. The molecule has 9 nitrogen and oxygen atoms in total. The van der Waals surface area contributed by atoms with Gasteiger partial charge in [-0.1, -0.05) is 48.5 Å². The Morgan fingerprint density at radius 1 is 1.00 bits per heavy atom. The van der Waals surface area contributed by atoms with Crippen molar-refractivity contribution in [2.24, 2.45) is 0 Å². The summed E-state index contributed by atoms with van der Waals surface area (Å²) in [4.78, 5) is 35.9. The van der Waals surface area contributed by atoms with E-state index in [0.717, 1.165) is 22.3 Å². The Balaban J connectivity index is 1.56. The molecule has 0 radical (unpaired) electrons. The molecule has 2 aromatic rings. The largest absolute Gasteiger partial charge is 0.479 e. The molecule has 1 aliphatic carbocycles. The van der Waals surface area contributed by atoms with Crippen LogP contribution in [0.2, 0.25) is 0 Å². The molecule has 2 amide bonds. The van der Waals surface area contributed by atoms with Crippen LogP contribution in [0, 0.1) is 0 Å². The summed E-state index contributed by atoms with van der Waals surface area (Å²) in [7, 11) is 2.69. The number of carbonyl (C=O) groups is 3. The predicted molar refractivity (Wildman–Crippen MR) is 120 cm³/mol. The molecule has 0 heterocycles. The highest BCUT2D eigenvalue weighted by Crippen LogP contribution is 2.44. The molecule has 0 aromatic heterocycles. The average molecular weight is 456 g/mol. The van der Waals surface area contributed by atoms with Crippen molar-refractivity contribution >= 4 is 18.0 Å². The summed E-state index contributed by atoms with van der Waals surface area (Å²) in [6, 6.07) is 15.0. The minimum absolute atomic E-state index is 0.0657. The van der Waals surface area contributed by atoms with Gasteiger partial charge in [0.1, 0.15) is 12.6 Å². The fourth-order valence-corrected chi connectivity index (χ4v) is 3.92. The lowest BCUT2D eigenvalue weighted by molar-refractivity contribution is -0.149. The van der Waals surface area contributed by atoms with Gasteiger partial charge in [0.15, 0.2) is 6.10 Å². The molecule has 0 spiro atoms. The van der Waals surface area contributed by atoms with Gasteiger partial charge in [-0.15, -0.1) is 0 Å². The van der Waals surface area contributed by atoms with Crippen LogP contribution in [0.25, 0.3) is 11.1 Å². The third-order valence-corrected chi connectivity index (χ3v) is 5.55. The number of fused-ring (bicyclic) bond motifs is 3. The summed E-state index contributed by atoms with van der Waals surface area (Å²) >= 11 is 0. The molecule has 0 fully saturated rings. The number of carbonyl (C=O) groups excluding carboxylic acids is 2.